The van der Waals surface area contributed by atoms with E-state index in [1.807, 2.05) is 0 Å². The molecule has 0 amide bonds. The van der Waals surface area contributed by atoms with E-state index in [4.69, 9.17) is 5.11 Å². The molecule has 0 bridgehead atoms. The summed E-state index contributed by atoms with van der Waals surface area (Å²) in [7, 11) is 0. The molecule has 0 radical (unpaired) electrons. The first kappa shape index (κ1) is 6.22. The first-order chi connectivity index (χ1) is 5.27. The lowest BCUT2D eigenvalue weighted by atomic mass is 10.2. The van der Waals surface area contributed by atoms with Crippen molar-refractivity contribution >= 4 is 10.9 Å². The Morgan fingerprint density at radius 1 is 1.36 bits per heavy atom. The molecule has 1 heterocycles. The van der Waals surface area contributed by atoms with E-state index < -0.39 is 0 Å². The van der Waals surface area contributed by atoms with Crippen molar-refractivity contribution < 1.29 is 9.50 Å². The molecule has 0 unspecified atom stereocenters. The van der Waals surface area contributed by atoms with E-state index in [-0.39, 0.29) is 11.7 Å². The average molecular weight is 151 g/mol. The number of aromatic hydroxyl groups is 1. The van der Waals surface area contributed by atoms with Crippen molar-refractivity contribution in [2.45, 2.75) is 0 Å². The lowest BCUT2D eigenvalue weighted by Crippen LogP contribution is -1.74. The van der Waals surface area contributed by atoms with Gasteiger partial charge < -0.3 is 10.1 Å². The summed E-state index contributed by atoms with van der Waals surface area (Å²) in [6.45, 7) is 0. The van der Waals surface area contributed by atoms with E-state index in [0.29, 0.717) is 10.9 Å². The Bertz CT molecular complexity index is 394. The van der Waals surface area contributed by atoms with Gasteiger partial charge in [0, 0.05) is 11.5 Å². The summed E-state index contributed by atoms with van der Waals surface area (Å²) >= 11 is 0. The van der Waals surface area contributed by atoms with E-state index in [9.17, 15) is 4.39 Å². The quantitative estimate of drug-likeness (QED) is 0.593. The van der Waals surface area contributed by atoms with Gasteiger partial charge >= 0.3 is 0 Å². The lowest BCUT2D eigenvalue weighted by molar-refractivity contribution is 0.458. The summed E-state index contributed by atoms with van der Waals surface area (Å²) in [5.41, 5.74) is 0.352. The maximum Gasteiger partial charge on any atom is 0.189 e. The highest BCUT2D eigenvalue weighted by molar-refractivity contribution is 5.81. The number of hydrogen-bond donors (Lipinski definition) is 2. The van der Waals surface area contributed by atoms with Gasteiger partial charge in [0.1, 0.15) is 5.82 Å². The van der Waals surface area contributed by atoms with Crippen molar-refractivity contribution in [2.24, 2.45) is 0 Å². The van der Waals surface area contributed by atoms with Gasteiger partial charge in [-0.3, -0.25) is 0 Å². The average Bonchev–Trinajstić information content (AvgIpc) is 2.31. The van der Waals surface area contributed by atoms with Gasteiger partial charge in [-0.2, -0.15) is 0 Å². The van der Waals surface area contributed by atoms with Crippen molar-refractivity contribution in [2.75, 3.05) is 0 Å². The second-order valence-corrected chi connectivity index (χ2v) is 2.36. The largest absolute Gasteiger partial charge is 0.495 e. The van der Waals surface area contributed by atoms with Crippen LogP contribution in [0, 0.1) is 5.82 Å². The molecule has 0 saturated carbocycles. The third-order valence-corrected chi connectivity index (χ3v) is 1.59. The molecule has 56 valence electrons. The van der Waals surface area contributed by atoms with Crippen LogP contribution in [0.3, 0.4) is 0 Å². The van der Waals surface area contributed by atoms with Crippen LogP contribution in [-0.4, -0.2) is 10.1 Å². The maximum atomic E-state index is 12.9. The summed E-state index contributed by atoms with van der Waals surface area (Å²) in [6.07, 6.45) is 0. The third kappa shape index (κ3) is 0.852. The molecule has 0 spiro atoms. The van der Waals surface area contributed by atoms with Crippen molar-refractivity contribution in [1.29, 1.82) is 0 Å². The fourth-order valence-corrected chi connectivity index (χ4v) is 1.10. The number of aromatic amines is 1. The van der Waals surface area contributed by atoms with Crippen molar-refractivity contribution in [1.82, 2.24) is 4.98 Å². The summed E-state index contributed by atoms with van der Waals surface area (Å²) in [6, 6.07) is 6.16. The zero-order valence-corrected chi connectivity index (χ0v) is 5.63. The van der Waals surface area contributed by atoms with Gasteiger partial charge in [-0.05, 0) is 6.07 Å². The molecule has 0 atom stereocenters. The minimum absolute atomic E-state index is 0.00917. The summed E-state index contributed by atoms with van der Waals surface area (Å²) in [5.74, 6) is -0.354. The van der Waals surface area contributed by atoms with Gasteiger partial charge in [-0.1, -0.05) is 12.1 Å². The third-order valence-electron chi connectivity index (χ3n) is 1.59. The predicted octanol–water partition coefficient (Wildman–Crippen LogP) is 2.01. The van der Waals surface area contributed by atoms with Gasteiger partial charge in [0.2, 0.25) is 0 Å². The minimum Gasteiger partial charge on any atom is -0.495 e. The topological polar surface area (TPSA) is 36.0 Å². The fourth-order valence-electron chi connectivity index (χ4n) is 1.10. The number of aromatic nitrogens is 1. The molecule has 2 rings (SSSR count). The molecule has 0 aliphatic rings. The maximum absolute atomic E-state index is 12.9. The zero-order valence-electron chi connectivity index (χ0n) is 5.63. The molecule has 2 nitrogen and oxygen atoms in total. The molecule has 0 aliphatic heterocycles. The molecule has 2 N–H and O–H groups in total. The molecule has 1 aromatic heterocycles. The number of H-pyrrole nitrogens is 1. The van der Waals surface area contributed by atoms with Gasteiger partial charge in [-0.25, -0.2) is 4.39 Å². The standard InChI is InChI=1S/C8H6FNO/c9-6-3-1-2-5-4-7(11)10-8(5)6/h1-4,10-11H. The van der Waals surface area contributed by atoms with Gasteiger partial charge in [0.15, 0.2) is 5.88 Å². The lowest BCUT2D eigenvalue weighted by Gasteiger charge is -1.88. The van der Waals surface area contributed by atoms with Crippen LogP contribution in [0.2, 0.25) is 0 Å². The number of halogens is 1. The fraction of sp³-hybridized carbons (Fsp3) is 0. The second-order valence-electron chi connectivity index (χ2n) is 2.36. The van der Waals surface area contributed by atoms with Crippen LogP contribution in [0.1, 0.15) is 0 Å². The van der Waals surface area contributed by atoms with E-state index in [1.54, 1.807) is 12.1 Å². The predicted molar refractivity (Wildman–Crippen MR) is 39.9 cm³/mol. The second kappa shape index (κ2) is 1.99. The number of para-hydroxylation sites is 1. The highest BCUT2D eigenvalue weighted by Gasteiger charge is 2.02. The SMILES string of the molecule is Oc1cc2cccc(F)c2[nH]1. The van der Waals surface area contributed by atoms with Crippen molar-refractivity contribution in [3.63, 3.8) is 0 Å². The van der Waals surface area contributed by atoms with Gasteiger partial charge in [0.05, 0.1) is 5.52 Å². The zero-order chi connectivity index (χ0) is 7.84. The van der Waals surface area contributed by atoms with E-state index >= 15 is 0 Å². The molecule has 2 aromatic rings. The number of fused-ring (bicyclic) bond motifs is 1. The molecule has 0 fully saturated rings. The molecular weight excluding hydrogens is 145 g/mol. The Balaban J connectivity index is 2.90. The Kier molecular flexibility index (Phi) is 1.12. The molecule has 11 heavy (non-hydrogen) atoms. The summed E-state index contributed by atoms with van der Waals surface area (Å²) in [5, 5.41) is 9.64. The van der Waals surface area contributed by atoms with Gasteiger partial charge in [0.25, 0.3) is 0 Å². The van der Waals surface area contributed by atoms with E-state index in [1.165, 1.54) is 12.1 Å². The van der Waals surface area contributed by atoms with Crippen LogP contribution in [0.25, 0.3) is 10.9 Å². The Hall–Kier alpha value is -1.51. The molecular formula is C8H6FNO. The van der Waals surface area contributed by atoms with Crippen LogP contribution < -0.4 is 0 Å². The van der Waals surface area contributed by atoms with Gasteiger partial charge in [-0.15, -0.1) is 0 Å². The molecule has 3 heteroatoms. The van der Waals surface area contributed by atoms with E-state index in [0.717, 1.165) is 0 Å². The number of rotatable bonds is 0. The Morgan fingerprint density at radius 3 is 2.91 bits per heavy atom. The van der Waals surface area contributed by atoms with Crippen LogP contribution in [-0.2, 0) is 0 Å². The Labute approximate surface area is 62.3 Å². The summed E-state index contributed by atoms with van der Waals surface area (Å²) in [4.78, 5) is 2.51. The van der Waals surface area contributed by atoms with Crippen molar-refractivity contribution in [3.05, 3.63) is 30.1 Å². The minimum atomic E-state index is -0.345. The van der Waals surface area contributed by atoms with Crippen LogP contribution >= 0.6 is 0 Å². The summed E-state index contributed by atoms with van der Waals surface area (Å²) < 4.78 is 12.9. The van der Waals surface area contributed by atoms with Crippen molar-refractivity contribution in [3.8, 4) is 5.88 Å². The molecule has 0 saturated heterocycles. The monoisotopic (exact) mass is 151 g/mol. The first-order valence-corrected chi connectivity index (χ1v) is 3.23. The van der Waals surface area contributed by atoms with Crippen LogP contribution in [0.5, 0.6) is 5.88 Å². The Morgan fingerprint density at radius 2 is 2.18 bits per heavy atom. The number of hydrogen-bond acceptors (Lipinski definition) is 1. The smallest absolute Gasteiger partial charge is 0.189 e. The number of nitrogens with one attached hydrogen (secondary N) is 1. The van der Waals surface area contributed by atoms with Crippen LogP contribution in [0.4, 0.5) is 4.39 Å². The van der Waals surface area contributed by atoms with E-state index in [2.05, 4.69) is 4.98 Å². The van der Waals surface area contributed by atoms with Crippen LogP contribution in [0.15, 0.2) is 24.3 Å². The highest BCUT2D eigenvalue weighted by atomic mass is 19.1. The highest BCUT2D eigenvalue weighted by Crippen LogP contribution is 2.20. The molecule has 1 aromatic carbocycles. The normalized spacial score (nSPS) is 10.6. The number of benzene rings is 1. The molecule has 0 aliphatic carbocycles. The first-order valence-electron chi connectivity index (χ1n) is 3.23.